The van der Waals surface area contributed by atoms with Crippen molar-refractivity contribution >= 4 is 5.91 Å². The smallest absolute Gasteiger partial charge is 0.227 e. The van der Waals surface area contributed by atoms with Gasteiger partial charge in [-0.1, -0.05) is 5.16 Å². The van der Waals surface area contributed by atoms with Gasteiger partial charge in [-0.25, -0.2) is 0 Å². The molecule has 0 aliphatic rings. The minimum atomic E-state index is -1.40. The van der Waals surface area contributed by atoms with Crippen LogP contribution in [0.2, 0.25) is 0 Å². The van der Waals surface area contributed by atoms with Crippen molar-refractivity contribution in [3.63, 3.8) is 0 Å². The van der Waals surface area contributed by atoms with E-state index in [4.69, 9.17) is 19.8 Å². The van der Waals surface area contributed by atoms with Gasteiger partial charge >= 0.3 is 0 Å². The number of aromatic nitrogens is 2. The van der Waals surface area contributed by atoms with Crippen LogP contribution in [0.3, 0.4) is 0 Å². The summed E-state index contributed by atoms with van der Waals surface area (Å²) < 4.78 is 4.83. The Labute approximate surface area is 104 Å². The summed E-state index contributed by atoms with van der Waals surface area (Å²) in [5, 5.41) is 33.1. The van der Waals surface area contributed by atoms with Gasteiger partial charge in [0.2, 0.25) is 11.8 Å². The zero-order valence-corrected chi connectivity index (χ0v) is 10.1. The van der Waals surface area contributed by atoms with Crippen molar-refractivity contribution in [3.8, 4) is 0 Å². The van der Waals surface area contributed by atoms with Gasteiger partial charge < -0.3 is 25.2 Å². The number of nitrogens with zero attached hydrogens (tertiary/aromatic N) is 2. The molecule has 0 aliphatic carbocycles. The standard InChI is InChI=1S/C10H17N3O5/c1-7-11-9(18-13-7)3-2-8(17)12-10(4-14,5-15)6-16/h14-16H,2-6H2,1H3,(H,12,17). The average Bonchev–Trinajstić information content (AvgIpc) is 2.80. The van der Waals surface area contributed by atoms with Crippen LogP contribution >= 0.6 is 0 Å². The second kappa shape index (κ2) is 6.43. The molecule has 0 saturated heterocycles. The van der Waals surface area contributed by atoms with Gasteiger partial charge in [0, 0.05) is 12.8 Å². The lowest BCUT2D eigenvalue weighted by Gasteiger charge is -2.28. The SMILES string of the molecule is Cc1noc(CCC(=O)NC(CO)(CO)CO)n1. The third kappa shape index (κ3) is 3.76. The van der Waals surface area contributed by atoms with Crippen LogP contribution in [0.25, 0.3) is 0 Å². The molecule has 0 radical (unpaired) electrons. The fraction of sp³-hybridized carbons (Fsp3) is 0.700. The normalized spacial score (nSPS) is 11.6. The lowest BCUT2D eigenvalue weighted by molar-refractivity contribution is -0.125. The predicted molar refractivity (Wildman–Crippen MR) is 59.5 cm³/mol. The second-order valence-electron chi connectivity index (χ2n) is 4.04. The minimum absolute atomic E-state index is 0.0589. The first-order chi connectivity index (χ1) is 8.55. The molecule has 1 aromatic heterocycles. The van der Waals surface area contributed by atoms with Gasteiger partial charge in [0.05, 0.1) is 19.8 Å². The molecular weight excluding hydrogens is 242 g/mol. The van der Waals surface area contributed by atoms with Crippen LogP contribution in [0.15, 0.2) is 4.52 Å². The topological polar surface area (TPSA) is 129 Å². The van der Waals surface area contributed by atoms with E-state index in [1.807, 2.05) is 0 Å². The summed E-state index contributed by atoms with van der Waals surface area (Å²) in [4.78, 5) is 15.5. The third-order valence-electron chi connectivity index (χ3n) is 2.45. The van der Waals surface area contributed by atoms with Gasteiger partial charge in [0.15, 0.2) is 5.82 Å². The zero-order valence-electron chi connectivity index (χ0n) is 10.1. The molecule has 0 saturated carbocycles. The summed E-state index contributed by atoms with van der Waals surface area (Å²) in [6.07, 6.45) is 0.314. The average molecular weight is 259 g/mol. The van der Waals surface area contributed by atoms with Crippen LogP contribution in [0, 0.1) is 6.92 Å². The summed E-state index contributed by atoms with van der Waals surface area (Å²) in [5.41, 5.74) is -1.40. The van der Waals surface area contributed by atoms with E-state index in [1.54, 1.807) is 6.92 Å². The zero-order chi connectivity index (χ0) is 13.6. The van der Waals surface area contributed by atoms with Crippen LogP contribution in [0.5, 0.6) is 0 Å². The van der Waals surface area contributed by atoms with Gasteiger partial charge in [0.1, 0.15) is 5.54 Å². The first-order valence-corrected chi connectivity index (χ1v) is 5.48. The van der Waals surface area contributed by atoms with E-state index in [0.29, 0.717) is 11.7 Å². The Kier molecular flexibility index (Phi) is 5.20. The lowest BCUT2D eigenvalue weighted by atomic mass is 10.0. The summed E-state index contributed by atoms with van der Waals surface area (Å²) in [5.74, 6) is 0.397. The van der Waals surface area contributed by atoms with Gasteiger partial charge in [-0.15, -0.1) is 0 Å². The summed E-state index contributed by atoms with van der Waals surface area (Å²) in [6.45, 7) is 0.0175. The van der Waals surface area contributed by atoms with E-state index in [0.717, 1.165) is 0 Å². The maximum absolute atomic E-state index is 11.6. The Bertz CT molecular complexity index is 380. The van der Waals surface area contributed by atoms with Crippen molar-refractivity contribution in [1.82, 2.24) is 15.5 Å². The highest BCUT2D eigenvalue weighted by atomic mass is 16.5. The first-order valence-electron chi connectivity index (χ1n) is 5.48. The maximum Gasteiger partial charge on any atom is 0.227 e. The Morgan fingerprint density at radius 2 is 1.94 bits per heavy atom. The molecule has 0 aromatic carbocycles. The monoisotopic (exact) mass is 259 g/mol. The summed E-state index contributed by atoms with van der Waals surface area (Å²) in [7, 11) is 0. The number of aliphatic hydroxyl groups excluding tert-OH is 3. The highest BCUT2D eigenvalue weighted by Crippen LogP contribution is 2.04. The van der Waals surface area contributed by atoms with Gasteiger partial charge in [0.25, 0.3) is 0 Å². The number of carbonyl (C=O) groups excluding carboxylic acids is 1. The fourth-order valence-electron chi connectivity index (χ4n) is 1.29. The van der Waals surface area contributed by atoms with Crippen molar-refractivity contribution in [2.45, 2.75) is 25.3 Å². The molecule has 0 unspecified atom stereocenters. The van der Waals surface area contributed by atoms with Gasteiger partial charge in [-0.05, 0) is 6.92 Å². The number of rotatable bonds is 7. The van der Waals surface area contributed by atoms with Crippen molar-refractivity contribution in [2.24, 2.45) is 0 Å². The number of aryl methyl sites for hydroxylation is 2. The quantitative estimate of drug-likeness (QED) is 0.452. The highest BCUT2D eigenvalue weighted by Gasteiger charge is 2.29. The summed E-state index contributed by atoms with van der Waals surface area (Å²) >= 11 is 0. The molecule has 1 aromatic rings. The van der Waals surface area contributed by atoms with Crippen molar-refractivity contribution in [3.05, 3.63) is 11.7 Å². The van der Waals surface area contributed by atoms with E-state index in [1.165, 1.54) is 0 Å². The Morgan fingerprint density at radius 1 is 1.33 bits per heavy atom. The molecule has 1 amide bonds. The Hall–Kier alpha value is -1.51. The van der Waals surface area contributed by atoms with Crippen LogP contribution in [-0.2, 0) is 11.2 Å². The lowest BCUT2D eigenvalue weighted by Crippen LogP contribution is -2.57. The molecule has 8 heteroatoms. The molecular formula is C10H17N3O5. The number of nitrogens with one attached hydrogen (secondary N) is 1. The van der Waals surface area contributed by atoms with Crippen molar-refractivity contribution in [1.29, 1.82) is 0 Å². The molecule has 0 atom stereocenters. The van der Waals surface area contributed by atoms with Crippen LogP contribution in [0.4, 0.5) is 0 Å². The van der Waals surface area contributed by atoms with Gasteiger partial charge in [-0.2, -0.15) is 4.98 Å². The maximum atomic E-state index is 11.6. The van der Waals surface area contributed by atoms with Crippen LogP contribution in [0.1, 0.15) is 18.1 Å². The number of aliphatic hydroxyl groups is 3. The molecule has 18 heavy (non-hydrogen) atoms. The largest absolute Gasteiger partial charge is 0.394 e. The summed E-state index contributed by atoms with van der Waals surface area (Å²) in [6, 6.07) is 0. The number of hydrogen-bond acceptors (Lipinski definition) is 7. The molecule has 0 spiro atoms. The van der Waals surface area contributed by atoms with E-state index >= 15 is 0 Å². The first kappa shape index (κ1) is 14.6. The fourth-order valence-corrected chi connectivity index (χ4v) is 1.29. The minimum Gasteiger partial charge on any atom is -0.394 e. The second-order valence-corrected chi connectivity index (χ2v) is 4.04. The van der Waals surface area contributed by atoms with Crippen LogP contribution < -0.4 is 5.32 Å². The van der Waals surface area contributed by atoms with Crippen molar-refractivity contribution in [2.75, 3.05) is 19.8 Å². The molecule has 8 nitrogen and oxygen atoms in total. The van der Waals surface area contributed by atoms with Crippen molar-refractivity contribution < 1.29 is 24.6 Å². The molecule has 102 valence electrons. The molecule has 0 aliphatic heterocycles. The molecule has 4 N–H and O–H groups in total. The van der Waals surface area contributed by atoms with Gasteiger partial charge in [-0.3, -0.25) is 4.79 Å². The number of hydrogen-bond donors (Lipinski definition) is 4. The Balaban J connectivity index is 2.46. The molecule has 0 bridgehead atoms. The predicted octanol–water partition coefficient (Wildman–Crippen LogP) is -1.86. The number of amides is 1. The van der Waals surface area contributed by atoms with E-state index in [9.17, 15) is 4.79 Å². The molecule has 1 rings (SSSR count). The molecule has 0 fully saturated rings. The third-order valence-corrected chi connectivity index (χ3v) is 2.45. The van der Waals surface area contributed by atoms with Crippen LogP contribution in [-0.4, -0.2) is 56.7 Å². The Morgan fingerprint density at radius 3 is 2.39 bits per heavy atom. The van der Waals surface area contributed by atoms with E-state index in [-0.39, 0.29) is 12.8 Å². The number of carbonyl (C=O) groups is 1. The van der Waals surface area contributed by atoms with E-state index in [2.05, 4.69) is 15.5 Å². The molecule has 1 heterocycles. The van der Waals surface area contributed by atoms with E-state index < -0.39 is 31.3 Å². The highest BCUT2D eigenvalue weighted by molar-refractivity contribution is 5.77.